The number of hydrogen-bond donors (Lipinski definition) is 0. The van der Waals surface area contributed by atoms with Crippen molar-refractivity contribution in [2.24, 2.45) is 5.92 Å². The standard InChI is InChI=1S/C15H26NO5.HI/c1-9(18)19-11-7-10(8-17)12(16(4,5)6)14-13(11)20-15(2,3)21-14;/h8,10-14H,7H2,1-6H3;1H/q+1;/p-1/t10?,11-,12-,13-,14+;/m0./s1. The number of nitrogens with zero attached hydrogens (tertiary/aromatic N) is 1. The monoisotopic (exact) mass is 427 g/mol. The fourth-order valence-corrected chi connectivity index (χ4v) is 3.63. The van der Waals surface area contributed by atoms with Crippen LogP contribution in [0, 0.1) is 5.92 Å². The first-order valence-electron chi connectivity index (χ1n) is 7.34. The van der Waals surface area contributed by atoms with Crippen LogP contribution in [0.2, 0.25) is 0 Å². The summed E-state index contributed by atoms with van der Waals surface area (Å²) in [6.45, 7) is 5.06. The SMILES string of the molecule is CC(=O)O[C@H]1CC(C=O)[C@H]([N+](C)(C)C)[C@H]2OC(C)(C)O[C@H]21.[I-]. The number of fused-ring (bicyclic) bond motifs is 1. The lowest BCUT2D eigenvalue weighted by molar-refractivity contribution is -0.903. The van der Waals surface area contributed by atoms with Gasteiger partial charge in [0.15, 0.2) is 5.79 Å². The molecule has 5 atom stereocenters. The Bertz CT molecular complexity index is 434. The lowest BCUT2D eigenvalue weighted by atomic mass is 9.78. The number of carbonyl (C=O) groups excluding carboxylic acids is 2. The van der Waals surface area contributed by atoms with Crippen molar-refractivity contribution in [3.05, 3.63) is 0 Å². The van der Waals surface area contributed by atoms with Crippen LogP contribution in [-0.4, -0.2) is 68.0 Å². The molecule has 1 unspecified atom stereocenters. The van der Waals surface area contributed by atoms with Crippen molar-refractivity contribution in [2.45, 2.75) is 57.3 Å². The van der Waals surface area contributed by atoms with E-state index in [-0.39, 0.29) is 54.1 Å². The lowest BCUT2D eigenvalue weighted by Gasteiger charge is -2.46. The van der Waals surface area contributed by atoms with Crippen molar-refractivity contribution in [1.82, 2.24) is 0 Å². The first-order valence-corrected chi connectivity index (χ1v) is 7.34. The van der Waals surface area contributed by atoms with Crippen LogP contribution in [0.15, 0.2) is 0 Å². The Kier molecular flexibility index (Phi) is 6.03. The van der Waals surface area contributed by atoms with Gasteiger partial charge in [-0.25, -0.2) is 0 Å². The molecule has 1 aliphatic carbocycles. The van der Waals surface area contributed by atoms with Crippen molar-refractivity contribution in [3.8, 4) is 0 Å². The summed E-state index contributed by atoms with van der Waals surface area (Å²) in [5.74, 6) is -1.33. The molecule has 7 heteroatoms. The molecule has 0 N–H and O–H groups in total. The average molecular weight is 427 g/mol. The van der Waals surface area contributed by atoms with Gasteiger partial charge >= 0.3 is 5.97 Å². The van der Waals surface area contributed by atoms with E-state index in [9.17, 15) is 9.59 Å². The van der Waals surface area contributed by atoms with Crippen LogP contribution in [0.25, 0.3) is 0 Å². The Morgan fingerprint density at radius 2 is 1.77 bits per heavy atom. The maximum atomic E-state index is 11.6. The predicted octanol–water partition coefficient (Wildman–Crippen LogP) is -2.26. The maximum Gasteiger partial charge on any atom is 0.302 e. The van der Waals surface area contributed by atoms with E-state index in [1.165, 1.54) is 6.92 Å². The Hall–Kier alpha value is -0.250. The van der Waals surface area contributed by atoms with E-state index in [1.807, 2.05) is 35.0 Å². The largest absolute Gasteiger partial charge is 1.00 e. The first kappa shape index (κ1) is 19.8. The highest BCUT2D eigenvalue weighted by Gasteiger charge is 2.59. The Morgan fingerprint density at radius 1 is 1.23 bits per heavy atom. The lowest BCUT2D eigenvalue weighted by Crippen LogP contribution is -3.00. The van der Waals surface area contributed by atoms with Crippen molar-refractivity contribution in [2.75, 3.05) is 21.1 Å². The minimum absolute atomic E-state index is 0. The molecule has 1 saturated heterocycles. The van der Waals surface area contributed by atoms with Gasteiger partial charge in [0.05, 0.1) is 27.1 Å². The van der Waals surface area contributed by atoms with Crippen LogP contribution in [0.5, 0.6) is 0 Å². The number of likely N-dealkylation sites (N-methyl/N-ethyl adjacent to an activating group) is 1. The van der Waals surface area contributed by atoms with Gasteiger partial charge in [0.1, 0.15) is 30.6 Å². The zero-order valence-electron chi connectivity index (χ0n) is 14.0. The molecule has 1 heterocycles. The third-order valence-electron chi connectivity index (χ3n) is 4.20. The first-order chi connectivity index (χ1) is 9.55. The number of aldehydes is 1. The summed E-state index contributed by atoms with van der Waals surface area (Å²) in [6.07, 6.45) is 0.391. The summed E-state index contributed by atoms with van der Waals surface area (Å²) >= 11 is 0. The van der Waals surface area contributed by atoms with Crippen LogP contribution >= 0.6 is 0 Å². The van der Waals surface area contributed by atoms with Crippen molar-refractivity contribution < 1.29 is 52.3 Å². The molecule has 0 aromatic carbocycles. The van der Waals surface area contributed by atoms with Gasteiger partial charge in [-0.1, -0.05) is 0 Å². The maximum absolute atomic E-state index is 11.6. The highest BCUT2D eigenvalue weighted by molar-refractivity contribution is 5.66. The number of ether oxygens (including phenoxy) is 3. The zero-order chi connectivity index (χ0) is 16.0. The molecule has 0 spiro atoms. The molecule has 0 aromatic heterocycles. The number of carbonyl (C=O) groups is 2. The fourth-order valence-electron chi connectivity index (χ4n) is 3.63. The van der Waals surface area contributed by atoms with Crippen molar-refractivity contribution >= 4 is 12.3 Å². The third-order valence-corrected chi connectivity index (χ3v) is 4.20. The average Bonchev–Trinajstić information content (AvgIpc) is 2.61. The molecular weight excluding hydrogens is 401 g/mol. The van der Waals surface area contributed by atoms with Gasteiger partial charge in [0.25, 0.3) is 0 Å². The quantitative estimate of drug-likeness (QED) is 0.220. The smallest absolute Gasteiger partial charge is 0.302 e. The van der Waals surface area contributed by atoms with Gasteiger partial charge in [-0.3, -0.25) is 4.79 Å². The molecule has 2 aliphatic rings. The molecule has 0 radical (unpaired) electrons. The normalized spacial score (nSPS) is 36.9. The number of rotatable bonds is 3. The van der Waals surface area contributed by atoms with Crippen molar-refractivity contribution in [1.29, 1.82) is 0 Å². The number of esters is 1. The molecule has 22 heavy (non-hydrogen) atoms. The van der Waals surface area contributed by atoms with Crippen LogP contribution in [0.3, 0.4) is 0 Å². The Balaban J connectivity index is 0.00000242. The van der Waals surface area contributed by atoms with Crippen LogP contribution < -0.4 is 24.0 Å². The van der Waals surface area contributed by atoms with E-state index in [2.05, 4.69) is 0 Å². The zero-order valence-corrected chi connectivity index (χ0v) is 16.2. The minimum Gasteiger partial charge on any atom is -1.00 e. The minimum atomic E-state index is -0.737. The molecule has 6 nitrogen and oxygen atoms in total. The topological polar surface area (TPSA) is 61.8 Å². The highest BCUT2D eigenvalue weighted by Crippen LogP contribution is 2.42. The van der Waals surface area contributed by atoms with Gasteiger partial charge in [-0.05, 0) is 13.8 Å². The molecule has 2 fully saturated rings. The van der Waals surface area contributed by atoms with Crippen LogP contribution in [-0.2, 0) is 23.8 Å². The molecule has 128 valence electrons. The molecule has 0 amide bonds. The second-order valence-electron chi connectivity index (χ2n) is 7.36. The van der Waals surface area contributed by atoms with E-state index in [4.69, 9.17) is 14.2 Å². The van der Waals surface area contributed by atoms with Crippen molar-refractivity contribution in [3.63, 3.8) is 0 Å². The molecule has 0 aromatic rings. The molecule has 0 bridgehead atoms. The van der Waals surface area contributed by atoms with Crippen LogP contribution in [0.1, 0.15) is 27.2 Å². The number of hydrogen-bond acceptors (Lipinski definition) is 5. The summed E-state index contributed by atoms with van der Waals surface area (Å²) < 4.78 is 18.0. The molecule has 1 aliphatic heterocycles. The van der Waals surface area contributed by atoms with Crippen LogP contribution in [0.4, 0.5) is 0 Å². The van der Waals surface area contributed by atoms with Gasteiger partial charge in [0.2, 0.25) is 0 Å². The number of quaternary nitrogens is 1. The van der Waals surface area contributed by atoms with E-state index >= 15 is 0 Å². The van der Waals surface area contributed by atoms with E-state index in [0.29, 0.717) is 10.9 Å². The fraction of sp³-hybridized carbons (Fsp3) is 0.867. The van der Waals surface area contributed by atoms with Gasteiger partial charge in [-0.2, -0.15) is 0 Å². The number of halogens is 1. The summed E-state index contributed by atoms with van der Waals surface area (Å²) in [4.78, 5) is 22.9. The molecular formula is C15H26INO5. The second kappa shape index (κ2) is 6.70. The Morgan fingerprint density at radius 3 is 2.23 bits per heavy atom. The second-order valence-corrected chi connectivity index (χ2v) is 7.36. The van der Waals surface area contributed by atoms with Gasteiger partial charge in [-0.15, -0.1) is 0 Å². The summed E-state index contributed by atoms with van der Waals surface area (Å²) in [5, 5.41) is 0. The van der Waals surface area contributed by atoms with Gasteiger partial charge < -0.3 is 47.5 Å². The highest BCUT2D eigenvalue weighted by atomic mass is 127. The summed E-state index contributed by atoms with van der Waals surface area (Å²) in [7, 11) is 6.12. The van der Waals surface area contributed by atoms with Gasteiger partial charge in [0, 0.05) is 13.3 Å². The molecule has 1 saturated carbocycles. The van der Waals surface area contributed by atoms with E-state index in [0.717, 1.165) is 6.29 Å². The summed E-state index contributed by atoms with van der Waals surface area (Å²) in [6, 6.07) is -0.0268. The Labute approximate surface area is 149 Å². The molecule has 2 rings (SSSR count). The van der Waals surface area contributed by atoms with E-state index in [1.54, 1.807) is 0 Å². The van der Waals surface area contributed by atoms with E-state index < -0.39 is 11.9 Å². The third kappa shape index (κ3) is 3.98. The summed E-state index contributed by atoms with van der Waals surface area (Å²) in [5.41, 5.74) is 0. The predicted molar refractivity (Wildman–Crippen MR) is 75.4 cm³/mol.